The van der Waals surface area contributed by atoms with E-state index in [0.29, 0.717) is 10.0 Å². The van der Waals surface area contributed by atoms with Crippen LogP contribution in [0.15, 0.2) is 36.9 Å². The zero-order chi connectivity index (χ0) is 20.8. The average molecular weight is 474 g/mol. The number of benzene rings is 1. The van der Waals surface area contributed by atoms with Crippen LogP contribution in [0.1, 0.15) is 20.9 Å². The lowest BCUT2D eigenvalue weighted by atomic mass is 10.1. The molecule has 8 nitrogen and oxygen atoms in total. The molecule has 0 spiro atoms. The molecule has 2 heterocycles. The average Bonchev–Trinajstić information content (AvgIpc) is 3.14. The molecule has 1 N–H and O–H groups in total. The summed E-state index contributed by atoms with van der Waals surface area (Å²) in [6.07, 6.45) is 5.26. The third kappa shape index (κ3) is 5.77. The van der Waals surface area contributed by atoms with Crippen molar-refractivity contribution in [2.24, 2.45) is 0 Å². The molecule has 1 aromatic carbocycles. The molecule has 0 unspecified atom stereocenters. The molecular weight excluding hydrogens is 463 g/mol. The van der Waals surface area contributed by atoms with Crippen molar-refractivity contribution in [1.82, 2.24) is 20.4 Å². The van der Waals surface area contributed by atoms with Crippen LogP contribution in [0.3, 0.4) is 0 Å². The van der Waals surface area contributed by atoms with Gasteiger partial charge in [-0.25, -0.2) is 14.8 Å². The van der Waals surface area contributed by atoms with Gasteiger partial charge in [0.1, 0.15) is 12.4 Å². The maximum Gasteiger partial charge on any atom is 0.382 e. The fraction of sp³-hybridized carbons (Fsp3) is 0.118. The number of nitrogens with one attached hydrogen (secondary N) is 1. The molecule has 29 heavy (non-hydrogen) atoms. The molecule has 3 aromatic rings. The highest BCUT2D eigenvalue weighted by atomic mass is 35.5. The van der Waals surface area contributed by atoms with Gasteiger partial charge >= 0.3 is 5.97 Å². The Balaban J connectivity index is 1.66. The lowest BCUT2D eigenvalue weighted by Gasteiger charge is -2.14. The number of hydrogen-bond donors (Lipinski definition) is 1. The van der Waals surface area contributed by atoms with Crippen molar-refractivity contribution in [3.8, 4) is 5.75 Å². The Morgan fingerprint density at radius 2 is 1.86 bits per heavy atom. The third-order valence-corrected chi connectivity index (χ3v) is 5.15. The molecule has 0 aliphatic rings. The molecule has 3 rings (SSSR count). The summed E-state index contributed by atoms with van der Waals surface area (Å²) in [4.78, 5) is 41.0. The molecule has 0 fully saturated rings. The zero-order valence-corrected chi connectivity index (χ0v) is 17.5. The summed E-state index contributed by atoms with van der Waals surface area (Å²) in [5.74, 6) is -1.27. The van der Waals surface area contributed by atoms with Crippen molar-refractivity contribution in [2.45, 2.75) is 13.0 Å². The minimum Gasteiger partial charge on any atom is -0.486 e. The van der Waals surface area contributed by atoms with Crippen LogP contribution in [0.2, 0.25) is 14.5 Å². The summed E-state index contributed by atoms with van der Waals surface area (Å²) in [5.41, 5.74) is 2.32. The van der Waals surface area contributed by atoms with Gasteiger partial charge in [0.15, 0.2) is 10.2 Å². The van der Waals surface area contributed by atoms with Crippen molar-refractivity contribution in [2.75, 3.05) is 0 Å². The van der Waals surface area contributed by atoms with E-state index in [1.54, 1.807) is 12.3 Å². The predicted octanol–water partition coefficient (Wildman–Crippen LogP) is 3.90. The number of nitrogens with zero attached hydrogens (tertiary/aromatic N) is 3. The van der Waals surface area contributed by atoms with E-state index in [4.69, 9.17) is 44.4 Å². The summed E-state index contributed by atoms with van der Waals surface area (Å²) in [7, 11) is 0. The molecule has 2 aromatic heterocycles. The number of thiazole rings is 1. The number of hydrogen-bond acceptors (Lipinski definition) is 8. The van der Waals surface area contributed by atoms with Gasteiger partial charge in [0.2, 0.25) is 0 Å². The van der Waals surface area contributed by atoms with E-state index >= 15 is 0 Å². The van der Waals surface area contributed by atoms with Crippen LogP contribution in [0.5, 0.6) is 5.75 Å². The van der Waals surface area contributed by atoms with Crippen LogP contribution >= 0.6 is 46.1 Å². The Hall–Kier alpha value is -2.46. The molecule has 150 valence electrons. The molecule has 0 aliphatic heterocycles. The second-order valence-electron chi connectivity index (χ2n) is 5.39. The van der Waals surface area contributed by atoms with E-state index < -0.39 is 11.9 Å². The van der Waals surface area contributed by atoms with E-state index in [0.717, 1.165) is 4.88 Å². The lowest BCUT2D eigenvalue weighted by Crippen LogP contribution is -2.29. The highest BCUT2D eigenvalue weighted by Gasteiger charge is 2.18. The number of carbonyl (C=O) groups is 2. The summed E-state index contributed by atoms with van der Waals surface area (Å²) in [6.45, 7) is 0.140. The van der Waals surface area contributed by atoms with Crippen LogP contribution in [0, 0.1) is 0 Å². The first-order chi connectivity index (χ1) is 13.9. The number of carbonyl (C=O) groups excluding carboxylic acids is 2. The number of halogens is 3. The third-order valence-electron chi connectivity index (χ3n) is 3.41. The van der Waals surface area contributed by atoms with Gasteiger partial charge in [0.25, 0.3) is 5.91 Å². The Kier molecular flexibility index (Phi) is 7.21. The first-order valence-electron chi connectivity index (χ1n) is 7.90. The van der Waals surface area contributed by atoms with Gasteiger partial charge in [-0.3, -0.25) is 9.78 Å². The first-order valence-corrected chi connectivity index (χ1v) is 9.85. The predicted molar refractivity (Wildman–Crippen MR) is 107 cm³/mol. The quantitative estimate of drug-likeness (QED) is 0.541. The van der Waals surface area contributed by atoms with Gasteiger partial charge in [0.05, 0.1) is 22.5 Å². The standard InChI is InChI=1S/C17H11Cl3N4O4S/c18-11-1-2-12(19)15(27-8-9-6-23-17(20)29-9)10(11)5-14(25)24-28-16(26)13-7-21-3-4-22-13/h1-4,6-7H,5,8H2,(H,24,25). The van der Waals surface area contributed by atoms with Gasteiger partial charge < -0.3 is 9.57 Å². The van der Waals surface area contributed by atoms with E-state index in [1.807, 2.05) is 5.48 Å². The summed E-state index contributed by atoms with van der Waals surface area (Å²) < 4.78 is 6.11. The van der Waals surface area contributed by atoms with Crippen molar-refractivity contribution < 1.29 is 19.2 Å². The van der Waals surface area contributed by atoms with Gasteiger partial charge in [-0.05, 0) is 12.1 Å². The maximum atomic E-state index is 12.2. The van der Waals surface area contributed by atoms with E-state index in [1.165, 1.54) is 36.0 Å². The molecule has 0 atom stereocenters. The highest BCUT2D eigenvalue weighted by Crippen LogP contribution is 2.35. The SMILES string of the molecule is O=C(Cc1c(Cl)ccc(Cl)c1OCc1cnc(Cl)s1)NOC(=O)c1cnccn1. The number of rotatable bonds is 6. The molecule has 0 radical (unpaired) electrons. The summed E-state index contributed by atoms with van der Waals surface area (Å²) >= 11 is 19.5. The molecule has 12 heteroatoms. The number of aromatic nitrogens is 3. The minimum absolute atomic E-state index is 0.0548. The normalized spacial score (nSPS) is 10.4. The van der Waals surface area contributed by atoms with Crippen molar-refractivity contribution in [3.05, 3.63) is 67.6 Å². The Morgan fingerprint density at radius 1 is 1.07 bits per heavy atom. The zero-order valence-electron chi connectivity index (χ0n) is 14.4. The topological polar surface area (TPSA) is 103 Å². The molecule has 0 saturated heterocycles. The molecule has 0 saturated carbocycles. The smallest absolute Gasteiger partial charge is 0.382 e. The number of hydroxylamine groups is 1. The van der Waals surface area contributed by atoms with Crippen LogP contribution in [0.4, 0.5) is 0 Å². The number of amides is 1. The van der Waals surface area contributed by atoms with Crippen LogP contribution in [-0.4, -0.2) is 26.8 Å². The monoisotopic (exact) mass is 472 g/mol. The molecular formula is C17H11Cl3N4O4S. The van der Waals surface area contributed by atoms with Gasteiger partial charge in [-0.1, -0.05) is 34.8 Å². The first kappa shape index (κ1) is 21.3. The van der Waals surface area contributed by atoms with Crippen molar-refractivity contribution in [1.29, 1.82) is 0 Å². The van der Waals surface area contributed by atoms with Gasteiger partial charge in [-0.2, -0.15) is 5.48 Å². The van der Waals surface area contributed by atoms with Crippen molar-refractivity contribution >= 4 is 58.0 Å². The Bertz CT molecular complexity index is 1030. The lowest BCUT2D eigenvalue weighted by molar-refractivity contribution is -0.129. The maximum absolute atomic E-state index is 12.2. The van der Waals surface area contributed by atoms with Gasteiger partial charge in [-0.15, -0.1) is 11.3 Å². The fourth-order valence-electron chi connectivity index (χ4n) is 2.15. The van der Waals surface area contributed by atoms with Crippen LogP contribution < -0.4 is 10.2 Å². The Labute approximate surface area is 183 Å². The fourth-order valence-corrected chi connectivity index (χ4v) is 3.48. The Morgan fingerprint density at radius 3 is 2.55 bits per heavy atom. The van der Waals surface area contributed by atoms with Crippen molar-refractivity contribution in [3.63, 3.8) is 0 Å². The number of ether oxygens (including phenoxy) is 1. The van der Waals surface area contributed by atoms with Crippen LogP contribution in [-0.2, 0) is 22.7 Å². The van der Waals surface area contributed by atoms with Gasteiger partial charge in [0, 0.05) is 29.2 Å². The van der Waals surface area contributed by atoms with E-state index in [9.17, 15) is 9.59 Å². The summed E-state index contributed by atoms with van der Waals surface area (Å²) in [5, 5.41) is 0.534. The van der Waals surface area contributed by atoms with E-state index in [-0.39, 0.29) is 34.5 Å². The second kappa shape index (κ2) is 9.84. The minimum atomic E-state index is -0.859. The second-order valence-corrected chi connectivity index (χ2v) is 7.90. The molecule has 0 bridgehead atoms. The molecule has 0 aliphatic carbocycles. The largest absolute Gasteiger partial charge is 0.486 e. The van der Waals surface area contributed by atoms with E-state index in [2.05, 4.69) is 15.0 Å². The molecule has 1 amide bonds. The summed E-state index contributed by atoms with van der Waals surface area (Å²) in [6, 6.07) is 3.09. The highest BCUT2D eigenvalue weighted by molar-refractivity contribution is 7.15. The van der Waals surface area contributed by atoms with Crippen LogP contribution in [0.25, 0.3) is 0 Å².